The molecule has 1 aromatic rings. The van der Waals surface area contributed by atoms with Crippen LogP contribution in [0.25, 0.3) is 0 Å². The minimum atomic E-state index is -0.224. The maximum absolute atomic E-state index is 11.0. The zero-order valence-electron chi connectivity index (χ0n) is 8.74. The van der Waals surface area contributed by atoms with Gasteiger partial charge in [0.1, 0.15) is 0 Å². The minimum absolute atomic E-state index is 0.0723. The van der Waals surface area contributed by atoms with Gasteiger partial charge < -0.3 is 5.32 Å². The summed E-state index contributed by atoms with van der Waals surface area (Å²) >= 11 is 0. The summed E-state index contributed by atoms with van der Waals surface area (Å²) in [6, 6.07) is 0. The van der Waals surface area contributed by atoms with Crippen LogP contribution in [0.5, 0.6) is 0 Å². The third kappa shape index (κ3) is 2.45. The molecule has 0 aliphatic heterocycles. The van der Waals surface area contributed by atoms with Gasteiger partial charge in [-0.1, -0.05) is 6.58 Å². The highest BCUT2D eigenvalue weighted by molar-refractivity contribution is 5.98. The first-order valence-corrected chi connectivity index (χ1v) is 4.42. The van der Waals surface area contributed by atoms with E-state index in [1.54, 1.807) is 17.1 Å². The van der Waals surface area contributed by atoms with Gasteiger partial charge in [0, 0.05) is 6.20 Å². The van der Waals surface area contributed by atoms with Gasteiger partial charge in [0.05, 0.1) is 17.4 Å². The number of aromatic nitrogens is 2. The second kappa shape index (κ2) is 3.65. The molecule has 4 nitrogen and oxygen atoms in total. The number of nitrogens with one attached hydrogen (secondary N) is 1. The fraction of sp³-hybridized carbons (Fsp3) is 0.400. The van der Waals surface area contributed by atoms with Gasteiger partial charge in [-0.25, -0.2) is 0 Å². The second-order valence-corrected chi connectivity index (χ2v) is 4.04. The summed E-state index contributed by atoms with van der Waals surface area (Å²) in [5.41, 5.74) is 0.613. The van der Waals surface area contributed by atoms with Crippen LogP contribution in [-0.2, 0) is 10.3 Å². The number of amides is 1. The lowest BCUT2D eigenvalue weighted by Crippen LogP contribution is -2.22. The van der Waals surface area contributed by atoms with E-state index in [2.05, 4.69) is 17.0 Å². The Hall–Kier alpha value is -1.58. The first-order chi connectivity index (χ1) is 6.43. The van der Waals surface area contributed by atoms with Crippen molar-refractivity contribution in [1.82, 2.24) is 9.78 Å². The van der Waals surface area contributed by atoms with Gasteiger partial charge in [0.25, 0.3) is 0 Å². The average molecular weight is 193 g/mol. The van der Waals surface area contributed by atoms with E-state index >= 15 is 0 Å². The van der Waals surface area contributed by atoms with Crippen LogP contribution < -0.4 is 5.32 Å². The number of hydrogen-bond acceptors (Lipinski definition) is 2. The molecular formula is C10H15N3O. The van der Waals surface area contributed by atoms with Crippen molar-refractivity contribution in [1.29, 1.82) is 0 Å². The van der Waals surface area contributed by atoms with E-state index in [0.29, 0.717) is 5.69 Å². The summed E-state index contributed by atoms with van der Waals surface area (Å²) in [5, 5.41) is 6.79. The molecule has 76 valence electrons. The van der Waals surface area contributed by atoms with Crippen LogP contribution in [0, 0.1) is 0 Å². The fourth-order valence-electron chi connectivity index (χ4n) is 0.948. The molecule has 0 radical (unpaired) electrons. The number of rotatable bonds is 2. The van der Waals surface area contributed by atoms with E-state index in [1.165, 1.54) is 6.08 Å². The molecule has 0 saturated heterocycles. The van der Waals surface area contributed by atoms with Crippen molar-refractivity contribution in [2.75, 3.05) is 5.32 Å². The smallest absolute Gasteiger partial charge is 0.247 e. The second-order valence-electron chi connectivity index (χ2n) is 4.04. The molecule has 0 aliphatic rings. The van der Waals surface area contributed by atoms with Crippen molar-refractivity contribution in [3.8, 4) is 0 Å². The highest BCUT2D eigenvalue weighted by Crippen LogP contribution is 2.15. The van der Waals surface area contributed by atoms with E-state index in [-0.39, 0.29) is 11.4 Å². The van der Waals surface area contributed by atoms with Gasteiger partial charge in [0.15, 0.2) is 0 Å². The quantitative estimate of drug-likeness (QED) is 0.727. The molecule has 0 aliphatic carbocycles. The summed E-state index contributed by atoms with van der Waals surface area (Å²) in [7, 11) is 0. The maximum Gasteiger partial charge on any atom is 0.247 e. The fourth-order valence-corrected chi connectivity index (χ4v) is 0.948. The van der Waals surface area contributed by atoms with Gasteiger partial charge in [0.2, 0.25) is 5.91 Å². The number of carbonyl (C=O) groups excluding carboxylic acids is 1. The van der Waals surface area contributed by atoms with Crippen LogP contribution in [-0.4, -0.2) is 15.7 Å². The van der Waals surface area contributed by atoms with Crippen LogP contribution in [0.15, 0.2) is 25.0 Å². The van der Waals surface area contributed by atoms with E-state index < -0.39 is 0 Å². The molecule has 14 heavy (non-hydrogen) atoms. The Bertz CT molecular complexity index is 346. The largest absolute Gasteiger partial charge is 0.320 e. The summed E-state index contributed by atoms with van der Waals surface area (Å²) in [4.78, 5) is 11.0. The standard InChI is InChI=1S/C10H15N3O/c1-5-9(14)12-8-6-11-13(7-8)10(2,3)4/h5-7H,1H2,2-4H3,(H,12,14). The zero-order valence-corrected chi connectivity index (χ0v) is 8.74. The molecule has 0 spiro atoms. The summed E-state index contributed by atoms with van der Waals surface area (Å²) in [5.74, 6) is -0.224. The van der Waals surface area contributed by atoms with Gasteiger partial charge in [-0.3, -0.25) is 9.48 Å². The number of anilines is 1. The Morgan fingerprint density at radius 2 is 2.29 bits per heavy atom. The SMILES string of the molecule is C=CC(=O)Nc1cnn(C(C)(C)C)c1. The molecule has 0 saturated carbocycles. The minimum Gasteiger partial charge on any atom is -0.320 e. The molecule has 0 unspecified atom stereocenters. The third-order valence-corrected chi connectivity index (χ3v) is 1.72. The predicted molar refractivity (Wildman–Crippen MR) is 56.0 cm³/mol. The molecule has 0 bridgehead atoms. The average Bonchev–Trinajstić information content (AvgIpc) is 2.51. The lowest BCUT2D eigenvalue weighted by molar-refractivity contribution is -0.111. The van der Waals surface area contributed by atoms with Gasteiger partial charge in [-0.15, -0.1) is 0 Å². The number of carbonyl (C=O) groups is 1. The van der Waals surface area contributed by atoms with Crippen LogP contribution in [0.3, 0.4) is 0 Å². The number of nitrogens with zero attached hydrogens (tertiary/aromatic N) is 2. The number of hydrogen-bond donors (Lipinski definition) is 1. The topological polar surface area (TPSA) is 46.9 Å². The molecule has 1 rings (SSSR count). The molecule has 0 atom stereocenters. The van der Waals surface area contributed by atoms with Gasteiger partial charge >= 0.3 is 0 Å². The summed E-state index contributed by atoms with van der Waals surface area (Å²) in [6.07, 6.45) is 4.64. The van der Waals surface area contributed by atoms with E-state index in [1.807, 2.05) is 20.8 Å². The molecule has 1 aromatic heterocycles. The Balaban J connectivity index is 2.78. The normalized spacial score (nSPS) is 11.1. The van der Waals surface area contributed by atoms with E-state index in [9.17, 15) is 4.79 Å². The van der Waals surface area contributed by atoms with Crippen molar-refractivity contribution in [2.24, 2.45) is 0 Å². The van der Waals surface area contributed by atoms with E-state index in [0.717, 1.165) is 0 Å². The van der Waals surface area contributed by atoms with Crippen LogP contribution in [0.2, 0.25) is 0 Å². The van der Waals surface area contributed by atoms with Crippen molar-refractivity contribution >= 4 is 11.6 Å². The first kappa shape index (κ1) is 10.5. The first-order valence-electron chi connectivity index (χ1n) is 4.42. The highest BCUT2D eigenvalue weighted by atomic mass is 16.1. The van der Waals surface area contributed by atoms with Crippen molar-refractivity contribution in [2.45, 2.75) is 26.3 Å². The molecule has 0 aromatic carbocycles. The Morgan fingerprint density at radius 1 is 1.64 bits per heavy atom. The molecule has 4 heteroatoms. The predicted octanol–water partition coefficient (Wildman–Crippen LogP) is 1.76. The van der Waals surface area contributed by atoms with Gasteiger partial charge in [-0.2, -0.15) is 5.10 Å². The Morgan fingerprint density at radius 3 is 2.71 bits per heavy atom. The third-order valence-electron chi connectivity index (χ3n) is 1.72. The van der Waals surface area contributed by atoms with Crippen molar-refractivity contribution in [3.05, 3.63) is 25.0 Å². The molecule has 1 heterocycles. The van der Waals surface area contributed by atoms with Crippen molar-refractivity contribution < 1.29 is 4.79 Å². The van der Waals surface area contributed by atoms with Crippen LogP contribution in [0.4, 0.5) is 5.69 Å². The van der Waals surface area contributed by atoms with Crippen LogP contribution in [0.1, 0.15) is 20.8 Å². The lowest BCUT2D eigenvalue weighted by atomic mass is 10.1. The molecule has 0 fully saturated rings. The zero-order chi connectivity index (χ0) is 10.8. The molecular weight excluding hydrogens is 178 g/mol. The van der Waals surface area contributed by atoms with Crippen LogP contribution >= 0.6 is 0 Å². The highest BCUT2D eigenvalue weighted by Gasteiger charge is 2.14. The van der Waals surface area contributed by atoms with Crippen molar-refractivity contribution in [3.63, 3.8) is 0 Å². The maximum atomic E-state index is 11.0. The van der Waals surface area contributed by atoms with E-state index in [4.69, 9.17) is 0 Å². The Labute approximate surface area is 83.6 Å². The lowest BCUT2D eigenvalue weighted by Gasteiger charge is -2.18. The molecule has 1 amide bonds. The summed E-state index contributed by atoms with van der Waals surface area (Å²) in [6.45, 7) is 9.50. The van der Waals surface area contributed by atoms with Gasteiger partial charge in [-0.05, 0) is 26.8 Å². The summed E-state index contributed by atoms with van der Waals surface area (Å²) < 4.78 is 1.80. The molecule has 1 N–H and O–H groups in total. The Kier molecular flexibility index (Phi) is 2.74. The monoisotopic (exact) mass is 193 g/mol.